The van der Waals surface area contributed by atoms with Crippen LogP contribution in [0.4, 0.5) is 11.4 Å². The zero-order valence-electron chi connectivity index (χ0n) is 19.8. The van der Waals surface area contributed by atoms with Gasteiger partial charge in [-0.1, -0.05) is 54.6 Å². The Hall–Kier alpha value is -4.50. The molecule has 9 heteroatoms. The monoisotopic (exact) mass is 472 g/mol. The fourth-order valence-corrected chi connectivity index (χ4v) is 3.37. The summed E-state index contributed by atoms with van der Waals surface area (Å²) in [5, 5.41) is 16.8. The number of para-hydroxylation sites is 2. The molecule has 1 atom stereocenters. The van der Waals surface area contributed by atoms with Gasteiger partial charge in [-0.25, -0.2) is 0 Å². The van der Waals surface area contributed by atoms with Gasteiger partial charge < -0.3 is 21.3 Å². The van der Waals surface area contributed by atoms with Crippen LogP contribution in [0.25, 0.3) is 0 Å². The lowest BCUT2D eigenvalue weighted by molar-refractivity contribution is -0.127. The molecule has 3 aromatic carbocycles. The summed E-state index contributed by atoms with van der Waals surface area (Å²) in [6.07, 6.45) is 0. The molecule has 180 valence electrons. The number of benzene rings is 3. The molecular weight excluding hydrogens is 444 g/mol. The molecule has 4 rings (SSSR count). The molecule has 0 saturated carbocycles. The molecular formula is C26H28N6O3. The molecule has 35 heavy (non-hydrogen) atoms. The second-order valence-corrected chi connectivity index (χ2v) is 7.64. The van der Waals surface area contributed by atoms with Crippen molar-refractivity contribution < 1.29 is 14.4 Å². The van der Waals surface area contributed by atoms with Crippen LogP contribution in [0, 0.1) is 0 Å². The number of rotatable bonds is 5. The summed E-state index contributed by atoms with van der Waals surface area (Å²) in [5.74, 6) is -1.54. The van der Waals surface area contributed by atoms with Crippen LogP contribution in [0.5, 0.6) is 0 Å². The molecule has 1 unspecified atom stereocenters. The average molecular weight is 473 g/mol. The lowest BCUT2D eigenvalue weighted by Crippen LogP contribution is -2.67. The molecule has 1 aliphatic heterocycles. The second kappa shape index (κ2) is 11.6. The fourth-order valence-electron chi connectivity index (χ4n) is 3.37. The smallest absolute Gasteiger partial charge is 0.302 e. The van der Waals surface area contributed by atoms with Crippen LogP contribution in [0.2, 0.25) is 0 Å². The van der Waals surface area contributed by atoms with Gasteiger partial charge in [0, 0.05) is 18.2 Å². The van der Waals surface area contributed by atoms with E-state index < -0.39 is 23.4 Å². The first-order valence-electron chi connectivity index (χ1n) is 11.0. The Bertz CT molecular complexity index is 1190. The van der Waals surface area contributed by atoms with E-state index in [-0.39, 0.29) is 5.84 Å². The quantitative estimate of drug-likeness (QED) is 0.426. The van der Waals surface area contributed by atoms with Crippen molar-refractivity contribution in [2.24, 2.45) is 5.10 Å². The maximum Gasteiger partial charge on any atom is 0.302 e. The first kappa shape index (κ1) is 25.1. The average Bonchev–Trinajstić information content (AvgIpc) is 3.11. The predicted octanol–water partition coefficient (Wildman–Crippen LogP) is 2.56. The third-order valence-electron chi connectivity index (χ3n) is 4.81. The van der Waals surface area contributed by atoms with Crippen molar-refractivity contribution in [1.82, 2.24) is 16.0 Å². The van der Waals surface area contributed by atoms with Gasteiger partial charge in [0.15, 0.2) is 5.84 Å². The highest BCUT2D eigenvalue weighted by atomic mass is 16.2. The molecule has 1 aliphatic rings. The van der Waals surface area contributed by atoms with Crippen LogP contribution < -0.4 is 26.3 Å². The van der Waals surface area contributed by atoms with Crippen LogP contribution >= 0.6 is 0 Å². The number of carbonyl (C=O) groups is 3. The summed E-state index contributed by atoms with van der Waals surface area (Å²) in [6, 6.07) is 26.2. The first-order chi connectivity index (χ1) is 16.9. The summed E-state index contributed by atoms with van der Waals surface area (Å²) in [7, 11) is 3.75. The first-order valence-corrected chi connectivity index (χ1v) is 11.0. The number of carbonyl (C=O) groups excluding carboxylic acids is 3. The van der Waals surface area contributed by atoms with E-state index >= 15 is 0 Å². The predicted molar refractivity (Wildman–Crippen MR) is 137 cm³/mol. The molecule has 0 radical (unpaired) electrons. The van der Waals surface area contributed by atoms with Crippen molar-refractivity contribution in [1.29, 1.82) is 0 Å². The number of hydrogen-bond donors (Lipinski definition) is 4. The van der Waals surface area contributed by atoms with Gasteiger partial charge in [0.2, 0.25) is 5.91 Å². The van der Waals surface area contributed by atoms with Gasteiger partial charge in [-0.3, -0.25) is 14.4 Å². The normalized spacial score (nSPS) is 16.5. The third kappa shape index (κ3) is 5.90. The molecule has 0 aromatic heterocycles. The third-order valence-corrected chi connectivity index (χ3v) is 4.81. The van der Waals surface area contributed by atoms with Gasteiger partial charge in [0.1, 0.15) is 0 Å². The number of hydrazone groups is 1. The van der Waals surface area contributed by atoms with Crippen molar-refractivity contribution >= 4 is 34.9 Å². The molecule has 0 spiro atoms. The summed E-state index contributed by atoms with van der Waals surface area (Å²) < 4.78 is 0. The van der Waals surface area contributed by atoms with Crippen LogP contribution in [-0.4, -0.2) is 43.3 Å². The van der Waals surface area contributed by atoms with E-state index in [1.165, 1.54) is 6.92 Å². The topological polar surface area (TPSA) is 115 Å². The molecule has 0 bridgehead atoms. The van der Waals surface area contributed by atoms with Crippen molar-refractivity contribution in [2.75, 3.05) is 24.4 Å². The standard InChI is InChI=1S/C24H21N5O3.C2H7N/c1-17(30)26-24(27-19-13-7-3-8-14-19)22(25-21(31)18-11-5-2-6-12-18)28-29(23(24)32)20-15-9-4-10-16-20;1-3-2/h2-16,27H,1H3,(H,26,30)(H,25,28,31);3H,1-2H3. The Morgan fingerprint density at radius 1 is 0.829 bits per heavy atom. The minimum Gasteiger partial charge on any atom is -0.348 e. The number of amidine groups is 1. The lowest BCUT2D eigenvalue weighted by Gasteiger charge is -2.31. The Morgan fingerprint density at radius 3 is 1.89 bits per heavy atom. The minimum absolute atomic E-state index is 0.0424. The lowest BCUT2D eigenvalue weighted by atomic mass is 10.1. The summed E-state index contributed by atoms with van der Waals surface area (Å²) >= 11 is 0. The van der Waals surface area contributed by atoms with Gasteiger partial charge in [-0.05, 0) is 50.5 Å². The zero-order valence-corrected chi connectivity index (χ0v) is 19.8. The van der Waals surface area contributed by atoms with E-state index in [0.29, 0.717) is 16.9 Å². The van der Waals surface area contributed by atoms with Gasteiger partial charge in [-0.15, -0.1) is 5.10 Å². The Labute approximate surface area is 204 Å². The molecule has 3 aromatic rings. The van der Waals surface area contributed by atoms with E-state index in [0.717, 1.165) is 5.01 Å². The van der Waals surface area contributed by atoms with E-state index in [2.05, 4.69) is 26.4 Å². The molecule has 0 fully saturated rings. The van der Waals surface area contributed by atoms with E-state index in [1.807, 2.05) is 26.2 Å². The number of nitrogens with one attached hydrogen (secondary N) is 4. The summed E-state index contributed by atoms with van der Waals surface area (Å²) in [4.78, 5) is 38.8. The molecule has 0 saturated heterocycles. The van der Waals surface area contributed by atoms with Gasteiger partial charge in [0.05, 0.1) is 5.69 Å². The SMILES string of the molecule is CC(=O)NC1(Nc2ccccc2)C(=O)N(c2ccccc2)N=C1NC(=O)c1ccccc1.CNC. The summed E-state index contributed by atoms with van der Waals surface area (Å²) in [6.45, 7) is 1.30. The van der Waals surface area contributed by atoms with Crippen molar-refractivity contribution in [3.8, 4) is 0 Å². The Kier molecular flexibility index (Phi) is 8.31. The van der Waals surface area contributed by atoms with Gasteiger partial charge in [-0.2, -0.15) is 5.01 Å². The largest absolute Gasteiger partial charge is 0.348 e. The van der Waals surface area contributed by atoms with Crippen LogP contribution in [0.15, 0.2) is 96.1 Å². The van der Waals surface area contributed by atoms with E-state index in [1.54, 1.807) is 78.9 Å². The Morgan fingerprint density at radius 2 is 1.34 bits per heavy atom. The number of hydrogen-bond acceptors (Lipinski definition) is 6. The second-order valence-electron chi connectivity index (χ2n) is 7.64. The number of anilines is 2. The van der Waals surface area contributed by atoms with E-state index in [9.17, 15) is 14.4 Å². The van der Waals surface area contributed by atoms with Crippen LogP contribution in [0.3, 0.4) is 0 Å². The molecule has 0 aliphatic carbocycles. The minimum atomic E-state index is -1.81. The highest BCUT2D eigenvalue weighted by molar-refractivity contribution is 6.28. The number of nitrogens with zero attached hydrogens (tertiary/aromatic N) is 2. The highest BCUT2D eigenvalue weighted by Gasteiger charge is 2.54. The van der Waals surface area contributed by atoms with Crippen LogP contribution in [0.1, 0.15) is 17.3 Å². The summed E-state index contributed by atoms with van der Waals surface area (Å²) in [5.41, 5.74) is -0.373. The van der Waals surface area contributed by atoms with Gasteiger partial charge in [0.25, 0.3) is 11.6 Å². The number of amides is 3. The molecule has 9 nitrogen and oxygen atoms in total. The van der Waals surface area contributed by atoms with Crippen molar-refractivity contribution in [2.45, 2.75) is 12.6 Å². The zero-order chi connectivity index (χ0) is 25.3. The van der Waals surface area contributed by atoms with Crippen molar-refractivity contribution in [3.05, 3.63) is 96.6 Å². The molecule has 3 amide bonds. The Balaban J connectivity index is 0.00000108. The molecule has 4 N–H and O–H groups in total. The highest BCUT2D eigenvalue weighted by Crippen LogP contribution is 2.27. The molecule has 1 heterocycles. The van der Waals surface area contributed by atoms with Crippen LogP contribution in [-0.2, 0) is 9.59 Å². The maximum atomic E-state index is 13.7. The van der Waals surface area contributed by atoms with Gasteiger partial charge >= 0.3 is 5.91 Å². The fraction of sp³-hybridized carbons (Fsp3) is 0.154. The maximum absolute atomic E-state index is 13.7. The van der Waals surface area contributed by atoms with Crippen molar-refractivity contribution in [3.63, 3.8) is 0 Å². The van der Waals surface area contributed by atoms with E-state index in [4.69, 9.17) is 0 Å².